The van der Waals surface area contributed by atoms with E-state index in [4.69, 9.17) is 28.8 Å². The van der Waals surface area contributed by atoms with Crippen molar-refractivity contribution in [1.29, 1.82) is 0 Å². The smallest absolute Gasteiger partial charge is 0.132 e. The van der Waals surface area contributed by atoms with E-state index in [0.29, 0.717) is 18.0 Å². The Kier molecular flexibility index (Phi) is 6.92. The van der Waals surface area contributed by atoms with Gasteiger partial charge in [0.15, 0.2) is 0 Å². The Labute approximate surface area is 199 Å². The van der Waals surface area contributed by atoms with E-state index < -0.39 is 0 Å². The van der Waals surface area contributed by atoms with Gasteiger partial charge < -0.3 is 23.7 Å². The van der Waals surface area contributed by atoms with E-state index in [2.05, 4.69) is 0 Å². The molecule has 3 aromatic carbocycles. The minimum atomic E-state index is 0.562. The molecule has 0 atom stereocenters. The molecule has 0 bridgehead atoms. The fourth-order valence-electron chi connectivity index (χ4n) is 3.81. The Bertz CT molecular complexity index is 1260. The topological polar surface area (TPSA) is 64.0 Å². The zero-order valence-corrected chi connectivity index (χ0v) is 20.0. The average Bonchev–Trinajstić information content (AvgIpc) is 3.31. The third kappa shape index (κ3) is 4.64. The molecule has 0 spiro atoms. The second-order valence-corrected chi connectivity index (χ2v) is 7.55. The predicted molar refractivity (Wildman–Crippen MR) is 131 cm³/mol. The van der Waals surface area contributed by atoms with E-state index in [1.54, 1.807) is 35.5 Å². The van der Waals surface area contributed by atoms with Gasteiger partial charge in [0.25, 0.3) is 0 Å². The van der Waals surface area contributed by atoms with Gasteiger partial charge in [0.1, 0.15) is 28.7 Å². The highest BCUT2D eigenvalue weighted by molar-refractivity contribution is 5.76. The first-order chi connectivity index (χ1) is 16.6. The summed E-state index contributed by atoms with van der Waals surface area (Å²) < 4.78 is 29.3. The van der Waals surface area contributed by atoms with E-state index in [1.165, 1.54) is 0 Å². The van der Waals surface area contributed by atoms with Gasteiger partial charge in [0, 0.05) is 23.3 Å². The molecule has 4 aromatic rings. The lowest BCUT2D eigenvalue weighted by atomic mass is 10.1. The van der Waals surface area contributed by atoms with Gasteiger partial charge in [-0.25, -0.2) is 0 Å². The molecular weight excluding hydrogens is 432 g/mol. The molecular formula is C27H28N2O5. The first-order valence-electron chi connectivity index (χ1n) is 10.8. The maximum atomic E-state index is 5.69. The van der Waals surface area contributed by atoms with Crippen LogP contribution in [0, 0.1) is 0 Å². The van der Waals surface area contributed by atoms with Crippen LogP contribution in [0.3, 0.4) is 0 Å². The van der Waals surface area contributed by atoms with Crippen molar-refractivity contribution in [3.63, 3.8) is 0 Å². The SMILES string of the molecule is COc1ccc(Cn2nc(-c3ccc(OC)cc3OC)cc2-c2ccc(OC)cc2OC)cc1. The van der Waals surface area contributed by atoms with Gasteiger partial charge in [-0.2, -0.15) is 5.10 Å². The number of benzene rings is 3. The molecule has 0 aliphatic carbocycles. The molecule has 0 saturated heterocycles. The lowest BCUT2D eigenvalue weighted by Crippen LogP contribution is -2.05. The molecule has 0 saturated carbocycles. The lowest BCUT2D eigenvalue weighted by Gasteiger charge is -2.13. The molecule has 0 unspecified atom stereocenters. The van der Waals surface area contributed by atoms with Gasteiger partial charge in [-0.15, -0.1) is 0 Å². The Morgan fingerprint density at radius 3 is 1.68 bits per heavy atom. The quantitative estimate of drug-likeness (QED) is 0.337. The highest BCUT2D eigenvalue weighted by Crippen LogP contribution is 2.38. The summed E-state index contributed by atoms with van der Waals surface area (Å²) in [6.07, 6.45) is 0. The van der Waals surface area contributed by atoms with Gasteiger partial charge in [-0.05, 0) is 48.0 Å². The molecule has 0 aliphatic rings. The van der Waals surface area contributed by atoms with E-state index >= 15 is 0 Å². The van der Waals surface area contributed by atoms with Crippen molar-refractivity contribution in [1.82, 2.24) is 9.78 Å². The first kappa shape index (κ1) is 23.0. The Morgan fingerprint density at radius 1 is 0.588 bits per heavy atom. The molecule has 0 amide bonds. The number of methoxy groups -OCH3 is 5. The highest BCUT2D eigenvalue weighted by atomic mass is 16.5. The van der Waals surface area contributed by atoms with Gasteiger partial charge >= 0.3 is 0 Å². The van der Waals surface area contributed by atoms with E-state index in [1.807, 2.05) is 71.4 Å². The molecule has 0 fully saturated rings. The number of nitrogens with zero attached hydrogens (tertiary/aromatic N) is 2. The van der Waals surface area contributed by atoms with E-state index in [9.17, 15) is 0 Å². The van der Waals surface area contributed by atoms with E-state index in [0.717, 1.165) is 45.3 Å². The predicted octanol–water partition coefficient (Wildman–Crippen LogP) is 5.31. The van der Waals surface area contributed by atoms with Crippen LogP contribution < -0.4 is 23.7 Å². The van der Waals surface area contributed by atoms with Crippen LogP contribution in [0.25, 0.3) is 22.5 Å². The standard InChI is InChI=1S/C27H28N2O5/c1-30-19-8-6-18(7-9-19)17-29-25(23-13-11-21(32-3)15-27(23)34-5)16-24(28-29)22-12-10-20(31-2)14-26(22)33-4/h6-16H,17H2,1-5H3. The van der Waals surface area contributed by atoms with Crippen molar-refractivity contribution in [2.24, 2.45) is 0 Å². The summed E-state index contributed by atoms with van der Waals surface area (Å²) in [7, 11) is 8.21. The van der Waals surface area contributed by atoms with Crippen LogP contribution in [0.5, 0.6) is 28.7 Å². The van der Waals surface area contributed by atoms with Crippen LogP contribution in [0.1, 0.15) is 5.56 Å². The summed E-state index contributed by atoms with van der Waals surface area (Å²) in [6, 6.07) is 21.5. The molecule has 176 valence electrons. The third-order valence-electron chi connectivity index (χ3n) is 5.64. The molecule has 34 heavy (non-hydrogen) atoms. The number of hydrogen-bond acceptors (Lipinski definition) is 6. The summed E-state index contributed by atoms with van der Waals surface area (Å²) in [5.41, 5.74) is 4.54. The molecule has 0 radical (unpaired) electrons. The number of hydrogen-bond donors (Lipinski definition) is 0. The lowest BCUT2D eigenvalue weighted by molar-refractivity contribution is 0.395. The summed E-state index contributed by atoms with van der Waals surface area (Å²) >= 11 is 0. The van der Waals surface area contributed by atoms with Crippen LogP contribution in [-0.2, 0) is 6.54 Å². The van der Waals surface area contributed by atoms with Crippen LogP contribution in [0.4, 0.5) is 0 Å². The van der Waals surface area contributed by atoms with Crippen molar-refractivity contribution in [2.75, 3.05) is 35.5 Å². The highest BCUT2D eigenvalue weighted by Gasteiger charge is 2.19. The molecule has 7 nitrogen and oxygen atoms in total. The molecule has 1 aromatic heterocycles. The summed E-state index contributed by atoms with van der Waals surface area (Å²) in [5.74, 6) is 3.63. The maximum Gasteiger partial charge on any atom is 0.132 e. The van der Waals surface area contributed by atoms with Crippen LogP contribution in [0.15, 0.2) is 66.7 Å². The van der Waals surface area contributed by atoms with Crippen molar-refractivity contribution in [3.8, 4) is 51.3 Å². The van der Waals surface area contributed by atoms with Crippen molar-refractivity contribution in [3.05, 3.63) is 72.3 Å². The van der Waals surface area contributed by atoms with Crippen LogP contribution in [-0.4, -0.2) is 45.3 Å². The number of aromatic nitrogens is 2. The summed E-state index contributed by atoms with van der Waals surface area (Å²) in [6.45, 7) is 0.562. The molecule has 7 heteroatoms. The number of ether oxygens (including phenoxy) is 5. The molecule has 0 N–H and O–H groups in total. The van der Waals surface area contributed by atoms with E-state index in [-0.39, 0.29) is 0 Å². The third-order valence-corrected chi connectivity index (χ3v) is 5.64. The van der Waals surface area contributed by atoms with Gasteiger partial charge in [-0.1, -0.05) is 12.1 Å². The largest absolute Gasteiger partial charge is 0.497 e. The summed E-state index contributed by atoms with van der Waals surface area (Å²) in [4.78, 5) is 0. The average molecular weight is 461 g/mol. The maximum absolute atomic E-state index is 5.69. The number of rotatable bonds is 9. The van der Waals surface area contributed by atoms with Gasteiger partial charge in [-0.3, -0.25) is 4.68 Å². The second-order valence-electron chi connectivity index (χ2n) is 7.55. The minimum absolute atomic E-state index is 0.562. The van der Waals surface area contributed by atoms with Crippen molar-refractivity contribution < 1.29 is 23.7 Å². The Hall–Kier alpha value is -4.13. The monoisotopic (exact) mass is 460 g/mol. The normalized spacial score (nSPS) is 10.6. The summed E-state index contributed by atoms with van der Waals surface area (Å²) in [5, 5.41) is 4.95. The van der Waals surface area contributed by atoms with Gasteiger partial charge in [0.05, 0.1) is 53.5 Å². The molecule has 0 aliphatic heterocycles. The fourth-order valence-corrected chi connectivity index (χ4v) is 3.81. The Morgan fingerprint density at radius 2 is 1.12 bits per heavy atom. The van der Waals surface area contributed by atoms with Crippen molar-refractivity contribution in [2.45, 2.75) is 6.54 Å². The fraction of sp³-hybridized carbons (Fsp3) is 0.222. The Balaban J connectivity index is 1.84. The molecule has 1 heterocycles. The van der Waals surface area contributed by atoms with Crippen LogP contribution >= 0.6 is 0 Å². The zero-order chi connectivity index (χ0) is 24.1. The van der Waals surface area contributed by atoms with Gasteiger partial charge in [0.2, 0.25) is 0 Å². The second kappa shape index (κ2) is 10.2. The van der Waals surface area contributed by atoms with Crippen molar-refractivity contribution >= 4 is 0 Å². The van der Waals surface area contributed by atoms with Crippen LogP contribution in [0.2, 0.25) is 0 Å². The first-order valence-corrected chi connectivity index (χ1v) is 10.8. The molecule has 4 rings (SSSR count). The minimum Gasteiger partial charge on any atom is -0.497 e. The zero-order valence-electron chi connectivity index (χ0n) is 20.0.